The summed E-state index contributed by atoms with van der Waals surface area (Å²) in [4.78, 5) is 2.40. The zero-order chi connectivity index (χ0) is 17.2. The first-order valence-electron chi connectivity index (χ1n) is 8.22. The first-order chi connectivity index (χ1) is 11.4. The highest BCUT2D eigenvalue weighted by Crippen LogP contribution is 2.34. The van der Waals surface area contributed by atoms with Crippen molar-refractivity contribution in [3.8, 4) is 6.07 Å². The van der Waals surface area contributed by atoms with Crippen molar-refractivity contribution in [2.24, 2.45) is 11.8 Å². The summed E-state index contributed by atoms with van der Waals surface area (Å²) in [5.41, 5.74) is 1.85. The van der Waals surface area contributed by atoms with Crippen LogP contribution in [0.4, 0.5) is 0 Å². The molecule has 0 spiro atoms. The quantitative estimate of drug-likeness (QED) is 0.856. The summed E-state index contributed by atoms with van der Waals surface area (Å²) >= 11 is 0. The fourth-order valence-corrected chi connectivity index (χ4v) is 4.21. The van der Waals surface area contributed by atoms with Crippen molar-refractivity contribution in [3.63, 3.8) is 0 Å². The molecule has 3 atom stereocenters. The average Bonchev–Trinajstić information content (AvgIpc) is 2.95. The van der Waals surface area contributed by atoms with Crippen LogP contribution in [0, 0.1) is 23.2 Å². The SMILES string of the molecule is CS(=O)(=O)NC[C@@H]1OC[C@@H]2CN(Cc3cccc(C#N)c3)CC[C@@H]21. The van der Waals surface area contributed by atoms with Gasteiger partial charge in [0.25, 0.3) is 0 Å². The zero-order valence-electron chi connectivity index (χ0n) is 13.8. The molecular weight excluding hydrogens is 326 g/mol. The molecule has 0 unspecified atom stereocenters. The minimum atomic E-state index is -3.17. The van der Waals surface area contributed by atoms with Crippen molar-refractivity contribution in [1.82, 2.24) is 9.62 Å². The van der Waals surface area contributed by atoms with Crippen LogP contribution in [0.15, 0.2) is 24.3 Å². The molecule has 1 N–H and O–H groups in total. The third-order valence-electron chi connectivity index (χ3n) is 4.89. The summed E-state index contributed by atoms with van der Waals surface area (Å²) in [6.45, 7) is 3.82. The number of nitriles is 1. The highest BCUT2D eigenvalue weighted by Gasteiger charge is 2.40. The lowest BCUT2D eigenvalue weighted by atomic mass is 9.84. The molecule has 7 heteroatoms. The first-order valence-corrected chi connectivity index (χ1v) is 10.1. The van der Waals surface area contributed by atoms with Crippen molar-refractivity contribution in [3.05, 3.63) is 35.4 Å². The van der Waals surface area contributed by atoms with E-state index in [0.717, 1.165) is 31.6 Å². The Labute approximate surface area is 143 Å². The number of sulfonamides is 1. The van der Waals surface area contributed by atoms with Crippen molar-refractivity contribution in [1.29, 1.82) is 5.26 Å². The van der Waals surface area contributed by atoms with E-state index < -0.39 is 10.0 Å². The molecule has 2 fully saturated rings. The Bertz CT molecular complexity index is 729. The zero-order valence-corrected chi connectivity index (χ0v) is 14.6. The lowest BCUT2D eigenvalue weighted by molar-refractivity contribution is 0.0885. The van der Waals surface area contributed by atoms with Crippen molar-refractivity contribution in [2.75, 3.05) is 32.5 Å². The third-order valence-corrected chi connectivity index (χ3v) is 5.58. The van der Waals surface area contributed by atoms with Gasteiger partial charge in [-0.1, -0.05) is 12.1 Å². The molecule has 1 aromatic rings. The predicted octanol–water partition coefficient (Wildman–Crippen LogP) is 0.944. The number of hydrogen-bond acceptors (Lipinski definition) is 5. The monoisotopic (exact) mass is 349 g/mol. The van der Waals surface area contributed by atoms with Gasteiger partial charge in [-0.25, -0.2) is 13.1 Å². The van der Waals surface area contributed by atoms with E-state index in [9.17, 15) is 8.42 Å². The van der Waals surface area contributed by atoms with Crippen LogP contribution in [-0.4, -0.2) is 51.9 Å². The number of nitrogens with zero attached hydrogens (tertiary/aromatic N) is 2. The van der Waals surface area contributed by atoms with Crippen LogP contribution in [0.5, 0.6) is 0 Å². The van der Waals surface area contributed by atoms with Gasteiger partial charge in [0.15, 0.2) is 0 Å². The Morgan fingerprint density at radius 1 is 1.46 bits per heavy atom. The molecule has 1 aromatic carbocycles. The van der Waals surface area contributed by atoms with Crippen molar-refractivity contribution >= 4 is 10.0 Å². The smallest absolute Gasteiger partial charge is 0.208 e. The van der Waals surface area contributed by atoms with E-state index in [-0.39, 0.29) is 6.10 Å². The molecule has 24 heavy (non-hydrogen) atoms. The van der Waals surface area contributed by atoms with Crippen LogP contribution in [0.25, 0.3) is 0 Å². The van der Waals surface area contributed by atoms with E-state index in [1.807, 2.05) is 18.2 Å². The summed E-state index contributed by atoms with van der Waals surface area (Å²) in [6, 6.07) is 9.91. The molecule has 0 aromatic heterocycles. The molecule has 2 heterocycles. The van der Waals surface area contributed by atoms with E-state index in [0.29, 0.717) is 30.6 Å². The maximum absolute atomic E-state index is 11.3. The van der Waals surface area contributed by atoms with Gasteiger partial charge in [0.2, 0.25) is 10.0 Å². The highest BCUT2D eigenvalue weighted by molar-refractivity contribution is 7.88. The van der Waals surface area contributed by atoms with Gasteiger partial charge in [-0.2, -0.15) is 5.26 Å². The van der Waals surface area contributed by atoms with Crippen LogP contribution in [-0.2, 0) is 21.3 Å². The molecule has 2 saturated heterocycles. The molecule has 0 aliphatic carbocycles. The van der Waals surface area contributed by atoms with Crippen LogP contribution in [0.1, 0.15) is 17.5 Å². The highest BCUT2D eigenvalue weighted by atomic mass is 32.2. The lowest BCUT2D eigenvalue weighted by Gasteiger charge is -2.35. The minimum absolute atomic E-state index is 0.0196. The lowest BCUT2D eigenvalue weighted by Crippen LogP contribution is -2.43. The maximum Gasteiger partial charge on any atom is 0.208 e. The number of rotatable bonds is 5. The van der Waals surface area contributed by atoms with Gasteiger partial charge in [-0.05, 0) is 36.6 Å². The van der Waals surface area contributed by atoms with E-state index in [4.69, 9.17) is 10.00 Å². The fraction of sp³-hybridized carbons (Fsp3) is 0.588. The molecule has 0 radical (unpaired) electrons. The van der Waals surface area contributed by atoms with Gasteiger partial charge >= 0.3 is 0 Å². The summed E-state index contributed by atoms with van der Waals surface area (Å²) in [5.74, 6) is 0.866. The maximum atomic E-state index is 11.3. The normalized spacial score (nSPS) is 27.6. The third kappa shape index (κ3) is 4.33. The van der Waals surface area contributed by atoms with Gasteiger partial charge in [0.05, 0.1) is 30.6 Å². The van der Waals surface area contributed by atoms with Gasteiger partial charge < -0.3 is 4.74 Å². The Kier molecular flexibility index (Phi) is 5.21. The topological polar surface area (TPSA) is 82.4 Å². The second-order valence-corrected chi connectivity index (χ2v) is 8.59. The second-order valence-electron chi connectivity index (χ2n) is 6.75. The summed E-state index contributed by atoms with van der Waals surface area (Å²) in [6.07, 6.45) is 2.17. The Morgan fingerprint density at radius 2 is 2.29 bits per heavy atom. The summed E-state index contributed by atoms with van der Waals surface area (Å²) in [5, 5.41) is 9.00. The number of benzene rings is 1. The van der Waals surface area contributed by atoms with Crippen LogP contribution >= 0.6 is 0 Å². The number of hydrogen-bond donors (Lipinski definition) is 1. The molecule has 130 valence electrons. The fourth-order valence-electron chi connectivity index (χ4n) is 3.75. The number of fused-ring (bicyclic) bond motifs is 1. The predicted molar refractivity (Wildman–Crippen MR) is 90.6 cm³/mol. The Morgan fingerprint density at radius 3 is 3.04 bits per heavy atom. The Balaban J connectivity index is 1.55. The number of likely N-dealkylation sites (tertiary alicyclic amines) is 1. The molecular formula is C17H23N3O3S. The molecule has 2 aliphatic rings. The van der Waals surface area contributed by atoms with Crippen LogP contribution in [0.3, 0.4) is 0 Å². The van der Waals surface area contributed by atoms with E-state index in [1.54, 1.807) is 0 Å². The van der Waals surface area contributed by atoms with E-state index in [1.165, 1.54) is 6.26 Å². The van der Waals surface area contributed by atoms with Crippen molar-refractivity contribution in [2.45, 2.75) is 19.1 Å². The number of nitrogens with one attached hydrogen (secondary N) is 1. The molecule has 0 saturated carbocycles. The largest absolute Gasteiger partial charge is 0.376 e. The average molecular weight is 349 g/mol. The minimum Gasteiger partial charge on any atom is -0.376 e. The number of piperidine rings is 1. The molecule has 3 rings (SSSR count). The number of ether oxygens (including phenoxy) is 1. The second kappa shape index (κ2) is 7.19. The van der Waals surface area contributed by atoms with Gasteiger partial charge in [0.1, 0.15) is 0 Å². The van der Waals surface area contributed by atoms with Gasteiger partial charge in [0, 0.05) is 25.6 Å². The molecule has 0 amide bonds. The van der Waals surface area contributed by atoms with Crippen molar-refractivity contribution < 1.29 is 13.2 Å². The van der Waals surface area contributed by atoms with E-state index in [2.05, 4.69) is 21.8 Å². The van der Waals surface area contributed by atoms with E-state index >= 15 is 0 Å². The molecule has 0 bridgehead atoms. The first kappa shape index (κ1) is 17.4. The van der Waals surface area contributed by atoms with Crippen LogP contribution < -0.4 is 4.72 Å². The summed E-state index contributed by atoms with van der Waals surface area (Å²) in [7, 11) is -3.17. The Hall–Kier alpha value is -1.46. The summed E-state index contributed by atoms with van der Waals surface area (Å²) < 4.78 is 30.9. The van der Waals surface area contributed by atoms with Crippen LogP contribution in [0.2, 0.25) is 0 Å². The van der Waals surface area contributed by atoms with Gasteiger partial charge in [-0.15, -0.1) is 0 Å². The standard InChI is InChI=1S/C17H23N3O3S/c1-24(21,22)19-9-17-16-5-6-20(11-15(16)12-23-17)10-14-4-2-3-13(7-14)8-18/h2-4,7,15-17,19H,5-6,9-12H2,1H3/t15-,16-,17-/m0/s1. The van der Waals surface area contributed by atoms with Gasteiger partial charge in [-0.3, -0.25) is 4.90 Å². The molecule has 6 nitrogen and oxygen atoms in total. The molecule has 2 aliphatic heterocycles.